The van der Waals surface area contributed by atoms with E-state index < -0.39 is 0 Å². The Morgan fingerprint density at radius 3 is 2.82 bits per heavy atom. The van der Waals surface area contributed by atoms with Gasteiger partial charge in [0.1, 0.15) is 5.60 Å². The minimum absolute atomic E-state index is 0.0257. The molecule has 1 aromatic rings. The van der Waals surface area contributed by atoms with E-state index >= 15 is 0 Å². The first-order valence-electron chi connectivity index (χ1n) is 6.02. The minimum atomic E-state index is -0.336. The summed E-state index contributed by atoms with van der Waals surface area (Å²) in [5, 5.41) is 0. The van der Waals surface area contributed by atoms with Gasteiger partial charge in [-0.2, -0.15) is 0 Å². The van der Waals surface area contributed by atoms with Crippen LogP contribution in [0.25, 0.3) is 0 Å². The standard InChI is InChI=1S/C14H13NO2/c16-13-12-8-11-6-7-14(12,17-11)9-15(13)10-4-2-1-3-5-10/h1-7,11-12H,8-9H2. The molecule has 2 saturated heterocycles. The molecule has 0 aromatic heterocycles. The average molecular weight is 227 g/mol. The van der Waals surface area contributed by atoms with Crippen molar-refractivity contribution in [3.63, 3.8) is 0 Å². The lowest BCUT2D eigenvalue weighted by molar-refractivity contribution is -0.121. The number of carbonyl (C=O) groups excluding carboxylic acids is 1. The third-order valence-corrected chi connectivity index (χ3v) is 4.06. The quantitative estimate of drug-likeness (QED) is 0.684. The van der Waals surface area contributed by atoms with E-state index in [0.717, 1.165) is 12.1 Å². The van der Waals surface area contributed by atoms with Gasteiger partial charge in [0.25, 0.3) is 0 Å². The van der Waals surface area contributed by atoms with Crippen molar-refractivity contribution in [3.05, 3.63) is 42.5 Å². The van der Waals surface area contributed by atoms with Gasteiger partial charge in [-0.1, -0.05) is 30.4 Å². The van der Waals surface area contributed by atoms with E-state index in [-0.39, 0.29) is 23.5 Å². The number of nitrogens with zero attached hydrogens (tertiary/aromatic N) is 1. The number of benzene rings is 1. The van der Waals surface area contributed by atoms with E-state index in [2.05, 4.69) is 12.2 Å². The number of rotatable bonds is 1. The minimum Gasteiger partial charge on any atom is -0.361 e. The van der Waals surface area contributed by atoms with E-state index in [1.807, 2.05) is 35.2 Å². The molecular formula is C14H13NO2. The number of ether oxygens (including phenoxy) is 1. The Bertz CT molecular complexity index is 510. The van der Waals surface area contributed by atoms with Gasteiger partial charge in [0.2, 0.25) is 5.91 Å². The first-order valence-corrected chi connectivity index (χ1v) is 6.02. The van der Waals surface area contributed by atoms with Crippen molar-refractivity contribution in [1.29, 1.82) is 0 Å². The molecule has 86 valence electrons. The Labute approximate surface area is 99.7 Å². The van der Waals surface area contributed by atoms with Gasteiger partial charge >= 0.3 is 0 Å². The average Bonchev–Trinajstić information content (AvgIpc) is 3.00. The van der Waals surface area contributed by atoms with E-state index in [4.69, 9.17) is 4.74 Å². The Morgan fingerprint density at radius 1 is 1.29 bits per heavy atom. The molecule has 3 nitrogen and oxygen atoms in total. The van der Waals surface area contributed by atoms with Gasteiger partial charge in [-0.3, -0.25) is 4.79 Å². The van der Waals surface area contributed by atoms with Crippen LogP contribution in [-0.2, 0) is 9.53 Å². The number of para-hydroxylation sites is 1. The third kappa shape index (κ3) is 1.12. The summed E-state index contributed by atoms with van der Waals surface area (Å²) in [4.78, 5) is 14.2. The summed E-state index contributed by atoms with van der Waals surface area (Å²) in [6.07, 6.45) is 5.20. The Kier molecular flexibility index (Phi) is 1.66. The summed E-state index contributed by atoms with van der Waals surface area (Å²) < 4.78 is 5.93. The summed E-state index contributed by atoms with van der Waals surface area (Å²) >= 11 is 0. The SMILES string of the molecule is O=C1C2CC3C=CC2(CN1c1ccccc1)O3. The zero-order chi connectivity index (χ0) is 11.5. The lowest BCUT2D eigenvalue weighted by Crippen LogP contribution is -2.33. The van der Waals surface area contributed by atoms with Crippen LogP contribution in [0.5, 0.6) is 0 Å². The molecule has 0 radical (unpaired) electrons. The van der Waals surface area contributed by atoms with Crippen molar-refractivity contribution in [2.24, 2.45) is 5.92 Å². The van der Waals surface area contributed by atoms with Gasteiger partial charge in [0.05, 0.1) is 18.6 Å². The van der Waals surface area contributed by atoms with E-state index in [9.17, 15) is 4.79 Å². The van der Waals surface area contributed by atoms with Crippen molar-refractivity contribution < 1.29 is 9.53 Å². The maximum absolute atomic E-state index is 12.4. The molecule has 3 aliphatic heterocycles. The predicted molar refractivity (Wildman–Crippen MR) is 63.6 cm³/mol. The van der Waals surface area contributed by atoms with Crippen LogP contribution in [0, 0.1) is 5.92 Å². The van der Waals surface area contributed by atoms with E-state index in [1.54, 1.807) is 0 Å². The van der Waals surface area contributed by atoms with Gasteiger partial charge in [0, 0.05) is 5.69 Å². The number of amides is 1. The van der Waals surface area contributed by atoms with Crippen molar-refractivity contribution in [2.45, 2.75) is 18.1 Å². The topological polar surface area (TPSA) is 29.5 Å². The number of anilines is 1. The molecule has 3 heteroatoms. The van der Waals surface area contributed by atoms with Crippen LogP contribution < -0.4 is 4.90 Å². The summed E-state index contributed by atoms with van der Waals surface area (Å²) in [7, 11) is 0. The molecule has 0 N–H and O–H groups in total. The Morgan fingerprint density at radius 2 is 2.12 bits per heavy atom. The number of carbonyl (C=O) groups is 1. The Hall–Kier alpha value is -1.61. The first kappa shape index (κ1) is 9.42. The summed E-state index contributed by atoms with van der Waals surface area (Å²) in [5.74, 6) is 0.237. The number of hydrogen-bond acceptors (Lipinski definition) is 2. The van der Waals surface area contributed by atoms with E-state index in [0.29, 0.717) is 6.54 Å². The van der Waals surface area contributed by atoms with Crippen LogP contribution in [-0.4, -0.2) is 24.2 Å². The van der Waals surface area contributed by atoms with Crippen LogP contribution in [0.2, 0.25) is 0 Å². The van der Waals surface area contributed by atoms with Gasteiger partial charge < -0.3 is 9.64 Å². The fourth-order valence-corrected chi connectivity index (χ4v) is 3.24. The molecule has 1 spiro atoms. The molecule has 1 aromatic carbocycles. The molecule has 1 amide bonds. The highest BCUT2D eigenvalue weighted by Gasteiger charge is 2.60. The van der Waals surface area contributed by atoms with Crippen molar-refractivity contribution in [1.82, 2.24) is 0 Å². The summed E-state index contributed by atoms with van der Waals surface area (Å²) in [5.41, 5.74) is 0.638. The molecule has 0 saturated carbocycles. The van der Waals surface area contributed by atoms with Crippen LogP contribution >= 0.6 is 0 Å². The smallest absolute Gasteiger partial charge is 0.233 e. The fraction of sp³-hybridized carbons (Fsp3) is 0.357. The molecule has 17 heavy (non-hydrogen) atoms. The lowest BCUT2D eigenvalue weighted by Gasteiger charge is -2.21. The second kappa shape index (κ2) is 2.99. The lowest BCUT2D eigenvalue weighted by atomic mass is 9.86. The maximum Gasteiger partial charge on any atom is 0.233 e. The second-order valence-electron chi connectivity index (χ2n) is 5.02. The van der Waals surface area contributed by atoms with Crippen LogP contribution in [0.15, 0.2) is 42.5 Å². The number of hydrogen-bond donors (Lipinski definition) is 0. The van der Waals surface area contributed by atoms with Crippen molar-refractivity contribution in [2.75, 3.05) is 11.4 Å². The highest BCUT2D eigenvalue weighted by molar-refractivity contribution is 5.99. The monoisotopic (exact) mass is 227 g/mol. The normalized spacial score (nSPS) is 37.9. The number of fused-ring (bicyclic) bond motifs is 1. The zero-order valence-corrected chi connectivity index (χ0v) is 9.37. The second-order valence-corrected chi connectivity index (χ2v) is 5.02. The zero-order valence-electron chi connectivity index (χ0n) is 9.37. The van der Waals surface area contributed by atoms with Crippen molar-refractivity contribution in [3.8, 4) is 0 Å². The largest absolute Gasteiger partial charge is 0.361 e. The Balaban J connectivity index is 1.74. The summed E-state index contributed by atoms with van der Waals surface area (Å²) in [6.45, 7) is 0.660. The molecule has 3 aliphatic rings. The maximum atomic E-state index is 12.4. The van der Waals surface area contributed by atoms with Gasteiger partial charge in [-0.05, 0) is 18.6 Å². The molecular weight excluding hydrogens is 214 g/mol. The molecule has 4 rings (SSSR count). The molecule has 2 bridgehead atoms. The van der Waals surface area contributed by atoms with Gasteiger partial charge in [0.15, 0.2) is 0 Å². The van der Waals surface area contributed by atoms with Gasteiger partial charge in [-0.25, -0.2) is 0 Å². The molecule has 2 fully saturated rings. The molecule has 3 heterocycles. The highest BCUT2D eigenvalue weighted by Crippen LogP contribution is 2.49. The van der Waals surface area contributed by atoms with Crippen LogP contribution in [0.3, 0.4) is 0 Å². The predicted octanol–water partition coefficient (Wildman–Crippen LogP) is 1.75. The van der Waals surface area contributed by atoms with Crippen LogP contribution in [0.4, 0.5) is 5.69 Å². The molecule has 0 aliphatic carbocycles. The summed E-state index contributed by atoms with van der Waals surface area (Å²) in [6, 6.07) is 9.84. The molecule has 3 atom stereocenters. The van der Waals surface area contributed by atoms with E-state index in [1.165, 1.54) is 0 Å². The highest BCUT2D eigenvalue weighted by atomic mass is 16.5. The first-order chi connectivity index (χ1) is 8.28. The molecule has 3 unspecified atom stereocenters. The van der Waals surface area contributed by atoms with Crippen molar-refractivity contribution >= 4 is 11.6 Å². The van der Waals surface area contributed by atoms with Crippen LogP contribution in [0.1, 0.15) is 6.42 Å². The fourth-order valence-electron chi connectivity index (χ4n) is 3.24. The third-order valence-electron chi connectivity index (χ3n) is 4.06. The van der Waals surface area contributed by atoms with Gasteiger partial charge in [-0.15, -0.1) is 0 Å².